The van der Waals surface area contributed by atoms with Crippen molar-refractivity contribution >= 4 is 11.8 Å². The number of hydrogen-bond acceptors (Lipinski definition) is 2. The van der Waals surface area contributed by atoms with E-state index in [9.17, 15) is 9.59 Å². The zero-order chi connectivity index (χ0) is 16.7. The molecule has 4 heteroatoms. The number of nitrogens with one attached hydrogen (secondary N) is 2. The topological polar surface area (TPSA) is 58.2 Å². The predicted molar refractivity (Wildman–Crippen MR) is 90.9 cm³/mol. The quantitative estimate of drug-likeness (QED) is 0.860. The summed E-state index contributed by atoms with van der Waals surface area (Å²) < 4.78 is 0. The summed E-state index contributed by atoms with van der Waals surface area (Å²) in [5, 5.41) is 5.45. The van der Waals surface area contributed by atoms with Crippen molar-refractivity contribution in [1.29, 1.82) is 0 Å². The van der Waals surface area contributed by atoms with Crippen molar-refractivity contribution in [3.05, 3.63) is 70.8 Å². The van der Waals surface area contributed by atoms with Crippen LogP contribution in [0.4, 0.5) is 0 Å². The highest BCUT2D eigenvalue weighted by atomic mass is 16.2. The zero-order valence-electron chi connectivity index (χ0n) is 13.6. The lowest BCUT2D eigenvalue weighted by Crippen LogP contribution is -2.37. The van der Waals surface area contributed by atoms with Crippen LogP contribution in [0.25, 0.3) is 0 Å². The van der Waals surface area contributed by atoms with Crippen LogP contribution in [0.2, 0.25) is 0 Å². The van der Waals surface area contributed by atoms with Crippen molar-refractivity contribution in [1.82, 2.24) is 10.6 Å². The molecule has 2 aromatic rings. The van der Waals surface area contributed by atoms with Gasteiger partial charge in [-0.2, -0.15) is 0 Å². The van der Waals surface area contributed by atoms with E-state index in [2.05, 4.69) is 10.6 Å². The van der Waals surface area contributed by atoms with Crippen LogP contribution < -0.4 is 10.6 Å². The molecular formula is C19H22N2O2. The van der Waals surface area contributed by atoms with Crippen molar-refractivity contribution in [2.45, 2.75) is 26.8 Å². The first kappa shape index (κ1) is 16.7. The maximum atomic E-state index is 11.9. The zero-order valence-corrected chi connectivity index (χ0v) is 13.6. The lowest BCUT2D eigenvalue weighted by Gasteiger charge is -2.08. The Labute approximate surface area is 136 Å². The number of amides is 2. The minimum absolute atomic E-state index is 0.00340. The molecule has 4 nitrogen and oxygen atoms in total. The molecule has 0 heterocycles. The fourth-order valence-corrected chi connectivity index (χ4v) is 2.19. The molecule has 0 unspecified atom stereocenters. The van der Waals surface area contributed by atoms with Gasteiger partial charge in [0.05, 0.1) is 13.0 Å². The summed E-state index contributed by atoms with van der Waals surface area (Å²) >= 11 is 0. The summed E-state index contributed by atoms with van der Waals surface area (Å²) in [6, 6.07) is 15.7. The highest BCUT2D eigenvalue weighted by molar-refractivity contribution is 5.85. The van der Waals surface area contributed by atoms with Gasteiger partial charge in [0.1, 0.15) is 0 Å². The van der Waals surface area contributed by atoms with Crippen LogP contribution in [0.15, 0.2) is 48.5 Å². The van der Waals surface area contributed by atoms with Crippen molar-refractivity contribution in [3.8, 4) is 0 Å². The van der Waals surface area contributed by atoms with Crippen molar-refractivity contribution in [3.63, 3.8) is 0 Å². The first-order chi connectivity index (χ1) is 11.0. The Hall–Kier alpha value is -2.62. The Balaban J connectivity index is 1.72. The van der Waals surface area contributed by atoms with Crippen molar-refractivity contribution < 1.29 is 9.59 Å². The van der Waals surface area contributed by atoms with E-state index in [1.165, 1.54) is 5.56 Å². The molecule has 120 valence electrons. The van der Waals surface area contributed by atoms with Gasteiger partial charge in [-0.15, -0.1) is 0 Å². The average molecular weight is 310 g/mol. The first-order valence-electron chi connectivity index (χ1n) is 7.68. The van der Waals surface area contributed by atoms with E-state index in [-0.39, 0.29) is 24.8 Å². The fourth-order valence-electron chi connectivity index (χ4n) is 2.19. The summed E-state index contributed by atoms with van der Waals surface area (Å²) in [4.78, 5) is 23.7. The summed E-state index contributed by atoms with van der Waals surface area (Å²) in [7, 11) is 0. The minimum atomic E-state index is -0.191. The van der Waals surface area contributed by atoms with Crippen LogP contribution in [-0.4, -0.2) is 18.4 Å². The van der Waals surface area contributed by atoms with Gasteiger partial charge in [-0.1, -0.05) is 54.1 Å². The van der Waals surface area contributed by atoms with E-state index >= 15 is 0 Å². The Morgan fingerprint density at radius 1 is 0.870 bits per heavy atom. The highest BCUT2D eigenvalue weighted by Gasteiger charge is 2.07. The van der Waals surface area contributed by atoms with Gasteiger partial charge in [-0.3, -0.25) is 9.59 Å². The molecule has 2 aromatic carbocycles. The summed E-state index contributed by atoms with van der Waals surface area (Å²) in [6.45, 7) is 4.45. The van der Waals surface area contributed by atoms with Crippen LogP contribution in [0, 0.1) is 13.8 Å². The smallest absolute Gasteiger partial charge is 0.239 e. The molecule has 0 spiro atoms. The van der Waals surface area contributed by atoms with E-state index in [1.807, 2.05) is 62.4 Å². The second-order valence-electron chi connectivity index (χ2n) is 5.64. The number of carbonyl (C=O) groups is 2. The predicted octanol–water partition coefficient (Wildman–Crippen LogP) is 2.28. The molecule has 0 saturated carbocycles. The largest absolute Gasteiger partial charge is 0.350 e. The Morgan fingerprint density at radius 3 is 2.26 bits per heavy atom. The van der Waals surface area contributed by atoms with Crippen LogP contribution >= 0.6 is 0 Å². The monoisotopic (exact) mass is 310 g/mol. The fraction of sp³-hybridized carbons (Fsp3) is 0.263. The maximum Gasteiger partial charge on any atom is 0.239 e. The third kappa shape index (κ3) is 5.58. The molecule has 0 aliphatic carbocycles. The van der Waals surface area contributed by atoms with Gasteiger partial charge in [0.2, 0.25) is 11.8 Å². The van der Waals surface area contributed by atoms with Gasteiger partial charge >= 0.3 is 0 Å². The molecule has 0 bridgehead atoms. The standard InChI is InChI=1S/C19H22N2O2/c1-14-7-9-16(10-8-14)12-20-19(23)13-21-18(22)11-17-6-4-3-5-15(17)2/h3-10H,11-13H2,1-2H3,(H,20,23)(H,21,22). The second kappa shape index (κ2) is 8.13. The van der Waals surface area contributed by atoms with Crippen LogP contribution in [0.1, 0.15) is 22.3 Å². The summed E-state index contributed by atoms with van der Waals surface area (Å²) in [6.07, 6.45) is 0.290. The third-order valence-electron chi connectivity index (χ3n) is 3.67. The highest BCUT2D eigenvalue weighted by Crippen LogP contribution is 2.07. The van der Waals surface area contributed by atoms with E-state index in [1.54, 1.807) is 0 Å². The molecule has 0 aliphatic heterocycles. The van der Waals surface area contributed by atoms with E-state index < -0.39 is 0 Å². The van der Waals surface area contributed by atoms with E-state index in [0.29, 0.717) is 6.54 Å². The normalized spacial score (nSPS) is 10.2. The van der Waals surface area contributed by atoms with Gasteiger partial charge in [-0.05, 0) is 30.5 Å². The molecule has 0 atom stereocenters. The molecule has 0 aromatic heterocycles. The van der Waals surface area contributed by atoms with Gasteiger partial charge < -0.3 is 10.6 Å². The molecule has 2 N–H and O–H groups in total. The summed E-state index contributed by atoms with van der Waals surface area (Å²) in [5.41, 5.74) is 4.27. The molecule has 0 saturated heterocycles. The van der Waals surface area contributed by atoms with E-state index in [4.69, 9.17) is 0 Å². The Bertz CT molecular complexity index is 678. The minimum Gasteiger partial charge on any atom is -0.350 e. The van der Waals surface area contributed by atoms with Crippen molar-refractivity contribution in [2.24, 2.45) is 0 Å². The van der Waals surface area contributed by atoms with Crippen LogP contribution in [0.5, 0.6) is 0 Å². The molecule has 0 radical (unpaired) electrons. The SMILES string of the molecule is Cc1ccc(CNC(=O)CNC(=O)Cc2ccccc2C)cc1. The maximum absolute atomic E-state index is 11.9. The molecular weight excluding hydrogens is 288 g/mol. The Kier molecular flexibility index (Phi) is 5.92. The number of benzene rings is 2. The van der Waals surface area contributed by atoms with Crippen LogP contribution in [0.3, 0.4) is 0 Å². The van der Waals surface area contributed by atoms with Gasteiger partial charge in [0.25, 0.3) is 0 Å². The number of hydrogen-bond donors (Lipinski definition) is 2. The molecule has 0 aliphatic rings. The number of aryl methyl sites for hydroxylation is 2. The number of rotatable bonds is 6. The van der Waals surface area contributed by atoms with Gasteiger partial charge in [0, 0.05) is 6.54 Å². The van der Waals surface area contributed by atoms with Crippen LogP contribution in [-0.2, 0) is 22.6 Å². The number of carbonyl (C=O) groups excluding carboxylic acids is 2. The van der Waals surface area contributed by atoms with Crippen molar-refractivity contribution in [2.75, 3.05) is 6.54 Å². The molecule has 2 amide bonds. The lowest BCUT2D eigenvalue weighted by molar-refractivity contribution is -0.125. The average Bonchev–Trinajstić information content (AvgIpc) is 2.54. The third-order valence-corrected chi connectivity index (χ3v) is 3.67. The Morgan fingerprint density at radius 2 is 1.57 bits per heavy atom. The van der Waals surface area contributed by atoms with E-state index in [0.717, 1.165) is 16.7 Å². The van der Waals surface area contributed by atoms with Gasteiger partial charge in [0.15, 0.2) is 0 Å². The molecule has 23 heavy (non-hydrogen) atoms. The summed E-state index contributed by atoms with van der Waals surface area (Å²) in [5.74, 6) is -0.339. The van der Waals surface area contributed by atoms with Gasteiger partial charge in [-0.25, -0.2) is 0 Å². The lowest BCUT2D eigenvalue weighted by atomic mass is 10.1. The molecule has 2 rings (SSSR count). The first-order valence-corrected chi connectivity index (χ1v) is 7.68. The molecule has 0 fully saturated rings. The second-order valence-corrected chi connectivity index (χ2v) is 5.64.